The van der Waals surface area contributed by atoms with Gasteiger partial charge in [-0.15, -0.1) is 11.3 Å². The number of amides is 1. The fourth-order valence-electron chi connectivity index (χ4n) is 2.86. The van der Waals surface area contributed by atoms with Gasteiger partial charge < -0.3 is 4.98 Å². The van der Waals surface area contributed by atoms with Crippen molar-refractivity contribution in [1.82, 2.24) is 9.97 Å². The lowest BCUT2D eigenvalue weighted by molar-refractivity contribution is 0.102. The number of aromatic amines is 1. The Bertz CT molecular complexity index is 1220. The number of carbonyl (C=O) groups excluding carboxylic acids is 1. The number of nitrogens with one attached hydrogen (secondary N) is 2. The topological polar surface area (TPSA) is 74.8 Å². The maximum Gasteiger partial charge on any atom is 0.262 e. The van der Waals surface area contributed by atoms with E-state index in [1.165, 1.54) is 35.7 Å². The summed E-state index contributed by atoms with van der Waals surface area (Å²) in [6.45, 7) is 1.92. The van der Waals surface area contributed by atoms with Crippen LogP contribution in [-0.2, 0) is 0 Å². The monoisotopic (exact) mass is 379 g/mol. The van der Waals surface area contributed by atoms with Crippen LogP contribution in [0, 0.1) is 12.7 Å². The van der Waals surface area contributed by atoms with Gasteiger partial charge in [-0.2, -0.15) is 0 Å². The SMILES string of the molecule is Cc1sc(NC(=O)c2c[nH]c3c(F)cccc3c2=O)nc1-c1ccccc1. The largest absolute Gasteiger partial charge is 0.358 e. The average Bonchev–Trinajstić information content (AvgIpc) is 3.03. The summed E-state index contributed by atoms with van der Waals surface area (Å²) in [5, 5.41) is 3.19. The molecule has 2 aromatic heterocycles. The molecule has 0 saturated carbocycles. The predicted octanol–water partition coefficient (Wildman–Crippen LogP) is 4.35. The molecule has 134 valence electrons. The van der Waals surface area contributed by atoms with Crippen LogP contribution in [0.2, 0.25) is 0 Å². The Morgan fingerprint density at radius 2 is 1.93 bits per heavy atom. The predicted molar refractivity (Wildman–Crippen MR) is 105 cm³/mol. The lowest BCUT2D eigenvalue weighted by Gasteiger charge is -2.04. The van der Waals surface area contributed by atoms with Crippen LogP contribution in [-0.4, -0.2) is 15.9 Å². The molecule has 0 saturated heterocycles. The van der Waals surface area contributed by atoms with Gasteiger partial charge in [-0.25, -0.2) is 9.37 Å². The minimum atomic E-state index is -0.587. The molecule has 0 unspecified atom stereocenters. The summed E-state index contributed by atoms with van der Waals surface area (Å²) in [6.07, 6.45) is 1.22. The third-order valence-corrected chi connectivity index (χ3v) is 5.06. The second-order valence-electron chi connectivity index (χ2n) is 5.94. The molecule has 1 amide bonds. The molecule has 0 fully saturated rings. The van der Waals surface area contributed by atoms with E-state index in [2.05, 4.69) is 15.3 Å². The van der Waals surface area contributed by atoms with E-state index in [-0.39, 0.29) is 16.5 Å². The van der Waals surface area contributed by atoms with Crippen molar-refractivity contribution < 1.29 is 9.18 Å². The summed E-state index contributed by atoms with van der Waals surface area (Å²) in [7, 11) is 0. The van der Waals surface area contributed by atoms with Crippen LogP contribution in [0.1, 0.15) is 15.2 Å². The molecule has 0 aliphatic carbocycles. The number of benzene rings is 2. The van der Waals surface area contributed by atoms with Crippen molar-refractivity contribution in [3.05, 3.63) is 81.2 Å². The van der Waals surface area contributed by atoms with E-state index in [0.717, 1.165) is 16.1 Å². The maximum atomic E-state index is 13.8. The Morgan fingerprint density at radius 1 is 1.15 bits per heavy atom. The number of rotatable bonds is 3. The summed E-state index contributed by atoms with van der Waals surface area (Å²) < 4.78 is 13.8. The molecule has 27 heavy (non-hydrogen) atoms. The highest BCUT2D eigenvalue weighted by atomic mass is 32.1. The van der Waals surface area contributed by atoms with Gasteiger partial charge >= 0.3 is 0 Å². The van der Waals surface area contributed by atoms with Crippen LogP contribution in [0.5, 0.6) is 0 Å². The number of para-hydroxylation sites is 1. The number of halogens is 1. The Balaban J connectivity index is 1.67. The molecule has 4 aromatic rings. The van der Waals surface area contributed by atoms with Gasteiger partial charge in [0.2, 0.25) is 5.43 Å². The zero-order valence-corrected chi connectivity index (χ0v) is 15.1. The van der Waals surface area contributed by atoms with E-state index < -0.39 is 17.2 Å². The highest BCUT2D eigenvalue weighted by Gasteiger charge is 2.17. The first-order valence-electron chi connectivity index (χ1n) is 8.18. The number of aromatic nitrogens is 2. The van der Waals surface area contributed by atoms with E-state index >= 15 is 0 Å². The number of carbonyl (C=O) groups is 1. The molecular formula is C20H14FN3O2S. The number of aryl methyl sites for hydroxylation is 1. The Morgan fingerprint density at radius 3 is 2.70 bits per heavy atom. The fourth-order valence-corrected chi connectivity index (χ4v) is 3.69. The third-order valence-electron chi connectivity index (χ3n) is 4.17. The Labute approximate surface area is 157 Å². The van der Waals surface area contributed by atoms with Crippen molar-refractivity contribution in [3.63, 3.8) is 0 Å². The third kappa shape index (κ3) is 3.13. The molecule has 2 heterocycles. The molecule has 0 aliphatic rings. The molecule has 5 nitrogen and oxygen atoms in total. The lowest BCUT2D eigenvalue weighted by Crippen LogP contribution is -2.22. The van der Waals surface area contributed by atoms with Crippen molar-refractivity contribution in [2.75, 3.05) is 5.32 Å². The summed E-state index contributed by atoms with van der Waals surface area (Å²) in [5.74, 6) is -1.13. The number of nitrogens with zero attached hydrogens (tertiary/aromatic N) is 1. The number of thiazole rings is 1. The minimum Gasteiger partial charge on any atom is -0.358 e. The van der Waals surface area contributed by atoms with E-state index in [0.29, 0.717) is 5.13 Å². The van der Waals surface area contributed by atoms with E-state index in [1.54, 1.807) is 0 Å². The molecule has 2 N–H and O–H groups in total. The summed E-state index contributed by atoms with van der Waals surface area (Å²) in [4.78, 5) is 33.2. The average molecular weight is 379 g/mol. The van der Waals surface area contributed by atoms with Crippen LogP contribution in [0.3, 0.4) is 0 Å². The molecule has 0 bridgehead atoms. The summed E-state index contributed by atoms with van der Waals surface area (Å²) in [6, 6.07) is 13.8. The van der Waals surface area contributed by atoms with Gasteiger partial charge in [0.1, 0.15) is 11.4 Å². The number of anilines is 1. The maximum absolute atomic E-state index is 13.8. The molecule has 7 heteroatoms. The van der Waals surface area contributed by atoms with Crippen molar-refractivity contribution in [2.24, 2.45) is 0 Å². The van der Waals surface area contributed by atoms with E-state index in [1.807, 2.05) is 37.3 Å². The quantitative estimate of drug-likeness (QED) is 0.556. The standard InChI is InChI=1S/C20H14FN3O2S/c1-11-16(12-6-3-2-4-7-12)23-20(27-11)24-19(26)14-10-22-17-13(18(14)25)8-5-9-15(17)21/h2-10H,1H3,(H,22,25)(H,23,24,26). The molecule has 0 radical (unpaired) electrons. The minimum absolute atomic E-state index is 0.0792. The normalized spacial score (nSPS) is 10.9. The first-order valence-corrected chi connectivity index (χ1v) is 9.00. The first kappa shape index (κ1) is 17.1. The van der Waals surface area contributed by atoms with Crippen LogP contribution in [0.4, 0.5) is 9.52 Å². The Kier molecular flexibility index (Phi) is 4.29. The first-order chi connectivity index (χ1) is 13.0. The zero-order valence-electron chi connectivity index (χ0n) is 14.2. The van der Waals surface area contributed by atoms with Crippen molar-refractivity contribution in [1.29, 1.82) is 0 Å². The van der Waals surface area contributed by atoms with Gasteiger partial charge in [-0.1, -0.05) is 36.4 Å². The van der Waals surface area contributed by atoms with E-state index in [4.69, 9.17) is 0 Å². The van der Waals surface area contributed by atoms with Gasteiger partial charge in [0.25, 0.3) is 5.91 Å². The smallest absolute Gasteiger partial charge is 0.262 e. The number of fused-ring (bicyclic) bond motifs is 1. The number of pyridine rings is 1. The molecule has 4 rings (SSSR count). The second-order valence-corrected chi connectivity index (χ2v) is 7.14. The van der Waals surface area contributed by atoms with Gasteiger partial charge in [-0.3, -0.25) is 14.9 Å². The molecule has 0 aliphatic heterocycles. The molecular weight excluding hydrogens is 365 g/mol. The van der Waals surface area contributed by atoms with Gasteiger partial charge in [0.15, 0.2) is 5.13 Å². The van der Waals surface area contributed by atoms with Crippen LogP contribution >= 0.6 is 11.3 Å². The van der Waals surface area contributed by atoms with Crippen LogP contribution in [0.15, 0.2) is 59.5 Å². The lowest BCUT2D eigenvalue weighted by atomic mass is 10.1. The fraction of sp³-hybridized carbons (Fsp3) is 0.0500. The van der Waals surface area contributed by atoms with Crippen molar-refractivity contribution >= 4 is 33.3 Å². The highest BCUT2D eigenvalue weighted by molar-refractivity contribution is 7.16. The van der Waals surface area contributed by atoms with Gasteiger partial charge in [0.05, 0.1) is 11.2 Å². The van der Waals surface area contributed by atoms with Crippen LogP contribution in [0.25, 0.3) is 22.2 Å². The summed E-state index contributed by atoms with van der Waals surface area (Å²) >= 11 is 1.33. The number of H-pyrrole nitrogens is 1. The Hall–Kier alpha value is -3.32. The zero-order chi connectivity index (χ0) is 19.0. The molecule has 2 aromatic carbocycles. The van der Waals surface area contributed by atoms with Gasteiger partial charge in [-0.05, 0) is 19.1 Å². The highest BCUT2D eigenvalue weighted by Crippen LogP contribution is 2.30. The number of hydrogen-bond donors (Lipinski definition) is 2. The second kappa shape index (κ2) is 6.77. The van der Waals surface area contributed by atoms with Crippen molar-refractivity contribution in [3.8, 4) is 11.3 Å². The van der Waals surface area contributed by atoms with Crippen LogP contribution < -0.4 is 10.7 Å². The molecule has 0 atom stereocenters. The van der Waals surface area contributed by atoms with Gasteiger partial charge in [0, 0.05) is 22.0 Å². The number of hydrogen-bond acceptors (Lipinski definition) is 4. The van der Waals surface area contributed by atoms with E-state index in [9.17, 15) is 14.0 Å². The molecule has 0 spiro atoms. The summed E-state index contributed by atoms with van der Waals surface area (Å²) in [5.41, 5.74) is 1.19. The van der Waals surface area contributed by atoms with Crippen molar-refractivity contribution in [2.45, 2.75) is 6.92 Å².